The number of hydrogen-bond acceptors (Lipinski definition) is 5. The largest absolute Gasteiger partial charge is 0.370 e. The van der Waals surface area contributed by atoms with E-state index in [2.05, 4.69) is 38.1 Å². The van der Waals surface area contributed by atoms with Crippen LogP contribution in [0.1, 0.15) is 46.9 Å². The van der Waals surface area contributed by atoms with Gasteiger partial charge in [-0.25, -0.2) is 4.98 Å². The summed E-state index contributed by atoms with van der Waals surface area (Å²) in [6, 6.07) is 12.2. The van der Waals surface area contributed by atoms with Crippen molar-refractivity contribution in [2.45, 2.75) is 38.1 Å². The number of aryl methyl sites for hydroxylation is 1. The predicted molar refractivity (Wildman–Crippen MR) is 131 cm³/mol. The Bertz CT molecular complexity index is 1210. The molecule has 3 aromatic rings. The minimum atomic E-state index is -0.160. The summed E-state index contributed by atoms with van der Waals surface area (Å²) in [5, 5.41) is 4.45. The van der Waals surface area contributed by atoms with Crippen LogP contribution in [0.25, 0.3) is 10.8 Å². The lowest BCUT2D eigenvalue weighted by atomic mass is 9.96. The molecule has 1 atom stereocenters. The van der Waals surface area contributed by atoms with E-state index in [-0.39, 0.29) is 11.5 Å². The number of aromatic amines is 1. The molecule has 0 aliphatic carbocycles. The molecule has 2 aromatic heterocycles. The zero-order chi connectivity index (χ0) is 22.9. The molecule has 2 saturated heterocycles. The van der Waals surface area contributed by atoms with E-state index in [0.29, 0.717) is 17.7 Å². The Morgan fingerprint density at radius 1 is 1.06 bits per heavy atom. The smallest absolute Gasteiger partial charge is 0.269 e. The fourth-order valence-corrected chi connectivity index (χ4v) is 5.52. The van der Waals surface area contributed by atoms with E-state index >= 15 is 0 Å². The third-order valence-electron chi connectivity index (χ3n) is 7.41. The SMILES string of the molecule is CNC(=O)c1ccc(N2CCC(N3CCC(c4[nH]c(=O)c5ccccc5c4C)C3)CC2)cn1. The van der Waals surface area contributed by atoms with Crippen LogP contribution in [0.5, 0.6) is 0 Å². The molecule has 7 heteroatoms. The molecule has 1 unspecified atom stereocenters. The van der Waals surface area contributed by atoms with Crippen LogP contribution in [0, 0.1) is 6.92 Å². The number of aromatic nitrogens is 2. The maximum absolute atomic E-state index is 12.6. The first-order chi connectivity index (χ1) is 16.0. The molecule has 1 amide bonds. The predicted octanol–water partition coefficient (Wildman–Crippen LogP) is 3.05. The van der Waals surface area contributed by atoms with Crippen LogP contribution in [-0.2, 0) is 0 Å². The first-order valence-electron chi connectivity index (χ1n) is 11.8. The second-order valence-electron chi connectivity index (χ2n) is 9.22. The van der Waals surface area contributed by atoms with Gasteiger partial charge in [0, 0.05) is 49.7 Å². The van der Waals surface area contributed by atoms with Crippen molar-refractivity contribution in [3.05, 3.63) is 69.9 Å². The quantitative estimate of drug-likeness (QED) is 0.645. The van der Waals surface area contributed by atoms with Gasteiger partial charge in [-0.05, 0) is 61.9 Å². The topological polar surface area (TPSA) is 81.3 Å². The normalized spacial score (nSPS) is 19.8. The number of nitrogens with one attached hydrogen (secondary N) is 2. The number of nitrogens with zero attached hydrogens (tertiary/aromatic N) is 3. The van der Waals surface area contributed by atoms with E-state index in [4.69, 9.17) is 0 Å². The summed E-state index contributed by atoms with van der Waals surface area (Å²) >= 11 is 0. The molecule has 2 aliphatic rings. The zero-order valence-corrected chi connectivity index (χ0v) is 19.3. The summed E-state index contributed by atoms with van der Waals surface area (Å²) < 4.78 is 0. The van der Waals surface area contributed by atoms with Gasteiger partial charge in [0.2, 0.25) is 0 Å². The second-order valence-corrected chi connectivity index (χ2v) is 9.22. The molecule has 4 heterocycles. The van der Waals surface area contributed by atoms with Gasteiger partial charge in [0.05, 0.1) is 11.9 Å². The number of H-pyrrole nitrogens is 1. The number of rotatable bonds is 4. The third kappa shape index (κ3) is 4.13. The average molecular weight is 446 g/mol. The van der Waals surface area contributed by atoms with Gasteiger partial charge in [-0.3, -0.25) is 14.5 Å². The van der Waals surface area contributed by atoms with E-state index in [1.165, 1.54) is 5.56 Å². The number of amides is 1. The van der Waals surface area contributed by atoms with Gasteiger partial charge in [-0.2, -0.15) is 0 Å². The minimum absolute atomic E-state index is 0.0222. The minimum Gasteiger partial charge on any atom is -0.370 e. The van der Waals surface area contributed by atoms with Crippen molar-refractivity contribution in [1.82, 2.24) is 20.2 Å². The van der Waals surface area contributed by atoms with Crippen LogP contribution >= 0.6 is 0 Å². The van der Waals surface area contributed by atoms with Gasteiger partial charge in [0.25, 0.3) is 11.5 Å². The Morgan fingerprint density at radius 3 is 2.52 bits per heavy atom. The maximum atomic E-state index is 12.6. The number of pyridine rings is 2. The van der Waals surface area contributed by atoms with Gasteiger partial charge >= 0.3 is 0 Å². The van der Waals surface area contributed by atoms with Gasteiger partial charge in [0.1, 0.15) is 5.69 Å². The fourth-order valence-electron chi connectivity index (χ4n) is 5.52. The molecule has 2 N–H and O–H groups in total. The number of carbonyl (C=O) groups is 1. The third-order valence-corrected chi connectivity index (χ3v) is 7.41. The number of anilines is 1. The fraction of sp³-hybridized carbons (Fsp3) is 0.423. The number of benzene rings is 1. The van der Waals surface area contributed by atoms with Gasteiger partial charge in [0.15, 0.2) is 0 Å². The highest BCUT2D eigenvalue weighted by atomic mass is 16.1. The summed E-state index contributed by atoms with van der Waals surface area (Å²) in [7, 11) is 1.62. The van der Waals surface area contributed by atoms with Crippen molar-refractivity contribution in [2.75, 3.05) is 38.1 Å². The van der Waals surface area contributed by atoms with E-state index in [1.807, 2.05) is 24.3 Å². The number of carbonyl (C=O) groups excluding carboxylic acids is 1. The number of piperidine rings is 1. The molecule has 0 bridgehead atoms. The van der Waals surface area contributed by atoms with Crippen molar-refractivity contribution in [2.24, 2.45) is 0 Å². The van der Waals surface area contributed by atoms with Gasteiger partial charge < -0.3 is 15.2 Å². The lowest BCUT2D eigenvalue weighted by Crippen LogP contribution is -2.44. The van der Waals surface area contributed by atoms with Crippen LogP contribution in [-0.4, -0.2) is 60.0 Å². The highest BCUT2D eigenvalue weighted by Crippen LogP contribution is 2.33. The van der Waals surface area contributed by atoms with Crippen molar-refractivity contribution in [3.63, 3.8) is 0 Å². The number of likely N-dealkylation sites (tertiary alicyclic amines) is 1. The molecule has 1 aromatic carbocycles. The van der Waals surface area contributed by atoms with Crippen LogP contribution in [0.4, 0.5) is 5.69 Å². The molecule has 7 nitrogen and oxygen atoms in total. The van der Waals surface area contributed by atoms with E-state index in [0.717, 1.165) is 67.6 Å². The van der Waals surface area contributed by atoms with Crippen LogP contribution < -0.4 is 15.8 Å². The van der Waals surface area contributed by atoms with Crippen molar-refractivity contribution in [1.29, 1.82) is 0 Å². The lowest BCUT2D eigenvalue weighted by Gasteiger charge is -2.37. The molecule has 33 heavy (non-hydrogen) atoms. The lowest BCUT2D eigenvalue weighted by molar-refractivity contribution is 0.0958. The van der Waals surface area contributed by atoms with Crippen molar-refractivity contribution < 1.29 is 4.79 Å². The van der Waals surface area contributed by atoms with Crippen LogP contribution in [0.2, 0.25) is 0 Å². The average Bonchev–Trinajstić information content (AvgIpc) is 3.36. The monoisotopic (exact) mass is 445 g/mol. The number of fused-ring (bicyclic) bond motifs is 1. The van der Waals surface area contributed by atoms with E-state index in [1.54, 1.807) is 19.3 Å². The molecule has 0 spiro atoms. The Kier molecular flexibility index (Phi) is 5.89. The molecule has 0 radical (unpaired) electrons. The molecular formula is C26H31N5O2. The van der Waals surface area contributed by atoms with E-state index < -0.39 is 0 Å². The van der Waals surface area contributed by atoms with Crippen LogP contribution in [0.3, 0.4) is 0 Å². The highest BCUT2D eigenvalue weighted by Gasteiger charge is 2.32. The summed E-state index contributed by atoms with van der Waals surface area (Å²) in [5.74, 6) is 0.216. The first kappa shape index (κ1) is 21.6. The molecular weight excluding hydrogens is 414 g/mol. The van der Waals surface area contributed by atoms with Crippen LogP contribution in [0.15, 0.2) is 47.4 Å². The molecule has 2 aliphatic heterocycles. The molecule has 2 fully saturated rings. The summed E-state index contributed by atoms with van der Waals surface area (Å²) in [5.41, 5.74) is 3.86. The zero-order valence-electron chi connectivity index (χ0n) is 19.3. The van der Waals surface area contributed by atoms with Gasteiger partial charge in [-0.1, -0.05) is 18.2 Å². The first-order valence-corrected chi connectivity index (χ1v) is 11.8. The van der Waals surface area contributed by atoms with Crippen molar-refractivity contribution >= 4 is 22.4 Å². The second kappa shape index (κ2) is 8.98. The van der Waals surface area contributed by atoms with Gasteiger partial charge in [-0.15, -0.1) is 0 Å². The van der Waals surface area contributed by atoms with Crippen molar-refractivity contribution in [3.8, 4) is 0 Å². The summed E-state index contributed by atoms with van der Waals surface area (Å²) in [6.07, 6.45) is 5.10. The Hall–Kier alpha value is -3.19. The Morgan fingerprint density at radius 2 is 1.82 bits per heavy atom. The summed E-state index contributed by atoms with van der Waals surface area (Å²) in [6.45, 7) is 6.18. The Balaban J connectivity index is 1.23. The summed E-state index contributed by atoms with van der Waals surface area (Å²) in [4.78, 5) is 36.8. The Labute approximate surface area is 193 Å². The molecule has 172 valence electrons. The molecule has 5 rings (SSSR count). The highest BCUT2D eigenvalue weighted by molar-refractivity contribution is 5.92. The standard InChI is InChI=1S/C26H31N5O2/c1-17-21-5-3-4-6-22(21)25(32)29-24(17)18-9-12-31(16-18)19-10-13-30(14-11-19)20-7-8-23(28-15-20)26(33)27-2/h3-8,15,18-19H,9-14,16H2,1-2H3,(H,27,33)(H,29,32). The molecule has 0 saturated carbocycles. The maximum Gasteiger partial charge on any atom is 0.269 e. The number of hydrogen-bond donors (Lipinski definition) is 2. The van der Waals surface area contributed by atoms with E-state index in [9.17, 15) is 9.59 Å².